The Labute approximate surface area is 212 Å². The summed E-state index contributed by atoms with van der Waals surface area (Å²) in [5, 5.41) is 14.2. The van der Waals surface area contributed by atoms with E-state index in [1.807, 2.05) is 25.1 Å². The van der Waals surface area contributed by atoms with Crippen molar-refractivity contribution in [3.05, 3.63) is 64.3 Å². The molecule has 36 heavy (non-hydrogen) atoms. The van der Waals surface area contributed by atoms with Crippen molar-refractivity contribution in [1.29, 1.82) is 0 Å². The zero-order chi connectivity index (χ0) is 26.1. The second kappa shape index (κ2) is 9.77. The molecule has 0 amide bonds. The lowest BCUT2D eigenvalue weighted by atomic mass is 9.92. The lowest BCUT2D eigenvalue weighted by Crippen LogP contribution is -2.40. The number of hydrogen-bond donors (Lipinski definition) is 3. The van der Waals surface area contributed by atoms with Crippen LogP contribution in [-0.4, -0.2) is 32.7 Å². The summed E-state index contributed by atoms with van der Waals surface area (Å²) >= 11 is 6.07. The minimum absolute atomic E-state index is 0.0306. The van der Waals surface area contributed by atoms with Crippen LogP contribution in [-0.2, 0) is 21.6 Å². The Morgan fingerprint density at radius 2 is 1.97 bits per heavy atom. The molecule has 3 N–H and O–H groups in total. The van der Waals surface area contributed by atoms with Crippen molar-refractivity contribution in [2.45, 2.75) is 46.7 Å². The van der Waals surface area contributed by atoms with Crippen molar-refractivity contribution in [3.8, 4) is 0 Å². The molecular formula is C25H28ClFN6O3. The van der Waals surface area contributed by atoms with Crippen LogP contribution in [0.3, 0.4) is 0 Å². The molecule has 2 aromatic heterocycles. The number of aryl methyl sites for hydroxylation is 1. The first-order chi connectivity index (χ1) is 16.9. The van der Waals surface area contributed by atoms with Crippen LogP contribution in [0.25, 0.3) is 11.0 Å². The van der Waals surface area contributed by atoms with E-state index in [2.05, 4.69) is 25.8 Å². The van der Waals surface area contributed by atoms with Gasteiger partial charge in [0, 0.05) is 13.5 Å². The topological polar surface area (TPSA) is 118 Å². The van der Waals surface area contributed by atoms with Gasteiger partial charge in [-0.3, -0.25) is 4.79 Å². The summed E-state index contributed by atoms with van der Waals surface area (Å²) in [6.45, 7) is 9.26. The third-order valence-corrected chi connectivity index (χ3v) is 5.90. The molecule has 0 fully saturated rings. The van der Waals surface area contributed by atoms with Crippen LogP contribution in [0, 0.1) is 18.2 Å². The van der Waals surface area contributed by atoms with Gasteiger partial charge in [-0.25, -0.2) is 9.37 Å². The lowest BCUT2D eigenvalue weighted by molar-refractivity contribution is -0.154. The number of aromatic nitrogens is 4. The van der Waals surface area contributed by atoms with Crippen molar-refractivity contribution in [2.75, 3.05) is 17.2 Å². The van der Waals surface area contributed by atoms with Gasteiger partial charge in [-0.2, -0.15) is 0 Å². The second-order valence-corrected chi connectivity index (χ2v) is 10.2. The molecule has 1 unspecified atom stereocenters. The van der Waals surface area contributed by atoms with Gasteiger partial charge in [-0.15, -0.1) is 5.10 Å². The van der Waals surface area contributed by atoms with Gasteiger partial charge in [0.25, 0.3) is 0 Å². The second-order valence-electron chi connectivity index (χ2n) is 9.79. The number of rotatable bonds is 8. The Balaban J connectivity index is 1.63. The standard InChI is InChI=1S/C25H28ClFN6O3/c1-14-32-33-23(36-14)28-12-15-7-6-8-19-20(15)30-22(29-19)31-25(5,13-35-21(34)24(2,3)4)16-9-10-18(27)17(26)11-16/h6-11H,12-13H2,1-5H3,(H,28,33)(H2,29,30,31). The highest BCUT2D eigenvalue weighted by molar-refractivity contribution is 6.30. The van der Waals surface area contributed by atoms with E-state index < -0.39 is 16.8 Å². The molecule has 0 aliphatic heterocycles. The highest BCUT2D eigenvalue weighted by Gasteiger charge is 2.33. The molecule has 4 aromatic rings. The molecule has 0 aliphatic carbocycles. The molecule has 0 saturated carbocycles. The maximum Gasteiger partial charge on any atom is 0.315 e. The average Bonchev–Trinajstić information content (AvgIpc) is 3.42. The van der Waals surface area contributed by atoms with Gasteiger partial charge in [0.1, 0.15) is 12.4 Å². The molecule has 0 aliphatic rings. The van der Waals surface area contributed by atoms with Crippen molar-refractivity contribution in [3.63, 3.8) is 0 Å². The molecular weight excluding hydrogens is 487 g/mol. The van der Waals surface area contributed by atoms with Crippen LogP contribution in [0.4, 0.5) is 16.4 Å². The fourth-order valence-corrected chi connectivity index (χ4v) is 3.73. The number of aromatic amines is 1. The maximum absolute atomic E-state index is 13.9. The Morgan fingerprint density at radius 3 is 2.64 bits per heavy atom. The van der Waals surface area contributed by atoms with Crippen molar-refractivity contribution in [2.24, 2.45) is 5.41 Å². The summed E-state index contributed by atoms with van der Waals surface area (Å²) in [5.41, 5.74) is 1.41. The number of nitrogens with zero attached hydrogens (tertiary/aromatic N) is 3. The van der Waals surface area contributed by atoms with E-state index in [4.69, 9.17) is 25.7 Å². The van der Waals surface area contributed by atoms with Gasteiger partial charge in [-0.05, 0) is 57.0 Å². The van der Waals surface area contributed by atoms with E-state index in [-0.39, 0.29) is 17.6 Å². The number of nitrogens with one attached hydrogen (secondary N) is 3. The third-order valence-electron chi connectivity index (χ3n) is 5.61. The summed E-state index contributed by atoms with van der Waals surface area (Å²) in [7, 11) is 0. The SMILES string of the molecule is Cc1nnc(NCc2cccc3[nH]c(NC(C)(COC(=O)C(C)(C)C)c4ccc(F)c(Cl)c4)nc23)o1. The van der Waals surface area contributed by atoms with E-state index in [1.54, 1.807) is 33.8 Å². The number of halogens is 2. The summed E-state index contributed by atoms with van der Waals surface area (Å²) in [6.07, 6.45) is 0. The van der Waals surface area contributed by atoms with E-state index in [0.717, 1.165) is 16.6 Å². The number of imidazole rings is 1. The summed E-state index contributed by atoms with van der Waals surface area (Å²) in [5.74, 6) is 0.0138. The summed E-state index contributed by atoms with van der Waals surface area (Å²) in [6, 6.07) is 10.5. The van der Waals surface area contributed by atoms with Crippen LogP contribution in [0.15, 0.2) is 40.8 Å². The fourth-order valence-electron chi connectivity index (χ4n) is 3.55. The molecule has 190 valence electrons. The zero-order valence-corrected chi connectivity index (χ0v) is 21.5. The molecule has 2 aromatic carbocycles. The number of carbonyl (C=O) groups excluding carboxylic acids is 1. The van der Waals surface area contributed by atoms with Gasteiger partial charge < -0.3 is 24.8 Å². The first kappa shape index (κ1) is 25.4. The molecule has 0 spiro atoms. The Hall–Kier alpha value is -3.66. The summed E-state index contributed by atoms with van der Waals surface area (Å²) in [4.78, 5) is 20.5. The van der Waals surface area contributed by atoms with Crippen LogP contribution < -0.4 is 10.6 Å². The molecule has 4 rings (SSSR count). The minimum atomic E-state index is -0.966. The number of H-pyrrole nitrogens is 1. The van der Waals surface area contributed by atoms with Crippen LogP contribution in [0.1, 0.15) is 44.7 Å². The smallest absolute Gasteiger partial charge is 0.315 e. The van der Waals surface area contributed by atoms with Crippen molar-refractivity contribution in [1.82, 2.24) is 20.2 Å². The predicted molar refractivity (Wildman–Crippen MR) is 135 cm³/mol. The molecule has 9 nitrogen and oxygen atoms in total. The largest absolute Gasteiger partial charge is 0.462 e. The Morgan fingerprint density at radius 1 is 1.19 bits per heavy atom. The van der Waals surface area contributed by atoms with Crippen LogP contribution >= 0.6 is 11.6 Å². The van der Waals surface area contributed by atoms with Gasteiger partial charge in [-0.1, -0.05) is 34.9 Å². The molecule has 0 radical (unpaired) electrons. The molecule has 0 bridgehead atoms. The van der Waals surface area contributed by atoms with Gasteiger partial charge >= 0.3 is 12.0 Å². The van der Waals surface area contributed by atoms with Crippen molar-refractivity contribution < 1.29 is 18.3 Å². The number of benzene rings is 2. The van der Waals surface area contributed by atoms with E-state index in [1.165, 1.54) is 12.1 Å². The third kappa shape index (κ3) is 5.59. The van der Waals surface area contributed by atoms with Crippen LogP contribution in [0.5, 0.6) is 0 Å². The highest BCUT2D eigenvalue weighted by atomic mass is 35.5. The first-order valence-corrected chi connectivity index (χ1v) is 11.7. The first-order valence-electron chi connectivity index (χ1n) is 11.4. The molecule has 2 heterocycles. The van der Waals surface area contributed by atoms with Gasteiger partial charge in [0.15, 0.2) is 0 Å². The average molecular weight is 515 g/mol. The van der Waals surface area contributed by atoms with Crippen molar-refractivity contribution >= 4 is 40.6 Å². The van der Waals surface area contributed by atoms with E-state index in [9.17, 15) is 9.18 Å². The Bertz CT molecular complexity index is 1400. The molecule has 1 atom stereocenters. The normalized spacial score (nSPS) is 13.4. The number of para-hydroxylation sites is 1. The number of hydrogen-bond acceptors (Lipinski definition) is 8. The van der Waals surface area contributed by atoms with Gasteiger partial charge in [0.2, 0.25) is 11.8 Å². The number of ether oxygens (including phenoxy) is 1. The molecule has 0 saturated heterocycles. The monoisotopic (exact) mass is 514 g/mol. The number of anilines is 2. The number of carbonyl (C=O) groups is 1. The fraction of sp³-hybridized carbons (Fsp3) is 0.360. The maximum atomic E-state index is 13.9. The highest BCUT2D eigenvalue weighted by Crippen LogP contribution is 2.31. The molecule has 11 heteroatoms. The van der Waals surface area contributed by atoms with Gasteiger partial charge in [0.05, 0.1) is 27.0 Å². The number of fused-ring (bicyclic) bond motifs is 1. The summed E-state index contributed by atoms with van der Waals surface area (Å²) < 4.78 is 24.9. The zero-order valence-electron chi connectivity index (χ0n) is 20.7. The lowest BCUT2D eigenvalue weighted by Gasteiger charge is -2.32. The number of esters is 1. The van der Waals surface area contributed by atoms with Crippen LogP contribution in [0.2, 0.25) is 5.02 Å². The minimum Gasteiger partial charge on any atom is -0.462 e. The van der Waals surface area contributed by atoms with E-state index >= 15 is 0 Å². The predicted octanol–water partition coefficient (Wildman–Crippen LogP) is 5.58. The quantitative estimate of drug-likeness (QED) is 0.261. The Kier molecular flexibility index (Phi) is 6.90. The van der Waals surface area contributed by atoms with E-state index in [0.29, 0.717) is 30.0 Å².